The molecule has 4 nitrogen and oxygen atoms in total. The molecule has 1 N–H and O–H groups in total. The molecule has 0 bridgehead atoms. The minimum atomic E-state index is -0.560. The highest BCUT2D eigenvalue weighted by atomic mass is 16.5. The van der Waals surface area contributed by atoms with Crippen LogP contribution in [0, 0.1) is 5.41 Å². The number of aliphatic hydroxyl groups is 1. The van der Waals surface area contributed by atoms with Crippen molar-refractivity contribution in [2.45, 2.75) is 46.8 Å². The zero-order chi connectivity index (χ0) is 12.3. The largest absolute Gasteiger partial charge is 0.493 e. The third-order valence-electron chi connectivity index (χ3n) is 3.27. The second kappa shape index (κ2) is 4.87. The summed E-state index contributed by atoms with van der Waals surface area (Å²) in [5.74, 6) is 0.663. The molecule has 0 aliphatic rings. The number of nitrogens with zero attached hydrogens (tertiary/aromatic N) is 2. The topological polar surface area (TPSA) is 47.3 Å². The predicted octanol–water partition coefficient (Wildman–Crippen LogP) is 2.38. The molecule has 0 radical (unpaired) electrons. The average Bonchev–Trinajstić information content (AvgIpc) is 2.70. The molecule has 0 saturated heterocycles. The van der Waals surface area contributed by atoms with E-state index in [9.17, 15) is 5.11 Å². The quantitative estimate of drug-likeness (QED) is 0.838. The highest BCUT2D eigenvalue weighted by Crippen LogP contribution is 2.39. The molecule has 0 aliphatic heterocycles. The zero-order valence-corrected chi connectivity index (χ0v) is 10.8. The van der Waals surface area contributed by atoms with Gasteiger partial charge in [-0.2, -0.15) is 5.10 Å². The van der Waals surface area contributed by atoms with E-state index in [1.807, 2.05) is 20.8 Å². The summed E-state index contributed by atoms with van der Waals surface area (Å²) in [6.45, 7) is 8.90. The Kier molecular flexibility index (Phi) is 3.97. The number of hydrogen-bond acceptors (Lipinski definition) is 3. The van der Waals surface area contributed by atoms with E-state index in [1.54, 1.807) is 18.0 Å². The van der Waals surface area contributed by atoms with Crippen LogP contribution in [0.1, 0.15) is 45.9 Å². The summed E-state index contributed by atoms with van der Waals surface area (Å²) in [5.41, 5.74) is 0.595. The van der Waals surface area contributed by atoms with Gasteiger partial charge in [0.1, 0.15) is 11.8 Å². The second-order valence-electron chi connectivity index (χ2n) is 4.66. The Labute approximate surface area is 97.2 Å². The molecular formula is C12H22N2O2. The second-order valence-corrected chi connectivity index (χ2v) is 4.66. The van der Waals surface area contributed by atoms with E-state index < -0.39 is 6.10 Å². The summed E-state index contributed by atoms with van der Waals surface area (Å²) in [7, 11) is 1.60. The molecule has 0 spiro atoms. The summed E-state index contributed by atoms with van der Waals surface area (Å²) >= 11 is 0. The van der Waals surface area contributed by atoms with Crippen molar-refractivity contribution in [2.75, 3.05) is 7.11 Å². The van der Waals surface area contributed by atoms with Crippen LogP contribution in [0.3, 0.4) is 0 Å². The third-order valence-corrected chi connectivity index (χ3v) is 3.27. The van der Waals surface area contributed by atoms with E-state index in [2.05, 4.69) is 12.0 Å². The van der Waals surface area contributed by atoms with Crippen LogP contribution in [-0.2, 0) is 6.54 Å². The minimum absolute atomic E-state index is 0.180. The van der Waals surface area contributed by atoms with Crippen LogP contribution in [0.4, 0.5) is 0 Å². The molecule has 0 saturated carbocycles. The standard InChI is InChI=1S/C12H22N2O2/c1-6-12(3,4)11(15)10-9(16-5)8-13-14(10)7-2/h8,11,15H,6-7H2,1-5H3. The highest BCUT2D eigenvalue weighted by Gasteiger charge is 2.32. The first-order chi connectivity index (χ1) is 7.47. The Bertz CT molecular complexity index is 323. The summed E-state index contributed by atoms with van der Waals surface area (Å²) in [4.78, 5) is 0. The maximum Gasteiger partial charge on any atom is 0.162 e. The van der Waals surface area contributed by atoms with Crippen molar-refractivity contribution in [2.24, 2.45) is 5.41 Å². The maximum absolute atomic E-state index is 10.4. The van der Waals surface area contributed by atoms with Gasteiger partial charge in [-0.3, -0.25) is 4.68 Å². The molecule has 1 aromatic heterocycles. The van der Waals surface area contributed by atoms with Gasteiger partial charge in [0, 0.05) is 6.54 Å². The monoisotopic (exact) mass is 226 g/mol. The lowest BCUT2D eigenvalue weighted by atomic mass is 9.82. The summed E-state index contributed by atoms with van der Waals surface area (Å²) in [5, 5.41) is 14.6. The van der Waals surface area contributed by atoms with Crippen molar-refractivity contribution >= 4 is 0 Å². The molecule has 1 rings (SSSR count). The molecule has 1 unspecified atom stereocenters. The molecule has 1 aromatic rings. The Balaban J connectivity index is 3.14. The lowest BCUT2D eigenvalue weighted by Gasteiger charge is -2.30. The highest BCUT2D eigenvalue weighted by molar-refractivity contribution is 5.28. The molecule has 1 atom stereocenters. The molecule has 0 aromatic carbocycles. The van der Waals surface area contributed by atoms with Crippen molar-refractivity contribution < 1.29 is 9.84 Å². The Morgan fingerprint density at radius 1 is 1.50 bits per heavy atom. The van der Waals surface area contributed by atoms with E-state index >= 15 is 0 Å². The third kappa shape index (κ3) is 2.21. The summed E-state index contributed by atoms with van der Waals surface area (Å²) in [6, 6.07) is 0. The Hall–Kier alpha value is -1.03. The van der Waals surface area contributed by atoms with Crippen molar-refractivity contribution in [3.63, 3.8) is 0 Å². The molecule has 0 aliphatic carbocycles. The first-order valence-corrected chi connectivity index (χ1v) is 5.75. The van der Waals surface area contributed by atoms with Gasteiger partial charge < -0.3 is 9.84 Å². The smallest absolute Gasteiger partial charge is 0.162 e. The van der Waals surface area contributed by atoms with Crippen molar-refractivity contribution in [1.29, 1.82) is 0 Å². The number of ether oxygens (including phenoxy) is 1. The molecule has 1 heterocycles. The fraction of sp³-hybridized carbons (Fsp3) is 0.750. The van der Waals surface area contributed by atoms with Gasteiger partial charge in [-0.25, -0.2) is 0 Å². The van der Waals surface area contributed by atoms with Crippen LogP contribution in [0.25, 0.3) is 0 Å². The molecule has 16 heavy (non-hydrogen) atoms. The first-order valence-electron chi connectivity index (χ1n) is 5.75. The lowest BCUT2D eigenvalue weighted by molar-refractivity contribution is 0.0372. The SMILES string of the molecule is CCn1ncc(OC)c1C(O)C(C)(C)CC. The molecule has 0 fully saturated rings. The van der Waals surface area contributed by atoms with Gasteiger partial charge in [-0.05, 0) is 18.8 Å². The van der Waals surface area contributed by atoms with Crippen LogP contribution in [0.15, 0.2) is 6.20 Å². The number of methoxy groups -OCH3 is 1. The lowest BCUT2D eigenvalue weighted by Crippen LogP contribution is -2.24. The zero-order valence-electron chi connectivity index (χ0n) is 10.8. The number of aromatic nitrogens is 2. The van der Waals surface area contributed by atoms with Crippen molar-refractivity contribution in [1.82, 2.24) is 9.78 Å². The van der Waals surface area contributed by atoms with Crippen molar-refractivity contribution in [3.8, 4) is 5.75 Å². The first kappa shape index (κ1) is 13.0. The van der Waals surface area contributed by atoms with Crippen LogP contribution in [0.5, 0.6) is 5.75 Å². The predicted molar refractivity (Wildman–Crippen MR) is 63.5 cm³/mol. The maximum atomic E-state index is 10.4. The number of aryl methyl sites for hydroxylation is 1. The molecule has 92 valence electrons. The summed E-state index contributed by atoms with van der Waals surface area (Å²) < 4.78 is 7.04. The van der Waals surface area contributed by atoms with Crippen LogP contribution in [0.2, 0.25) is 0 Å². The van der Waals surface area contributed by atoms with E-state index in [0.29, 0.717) is 5.75 Å². The van der Waals surface area contributed by atoms with E-state index in [4.69, 9.17) is 4.74 Å². The van der Waals surface area contributed by atoms with Gasteiger partial charge in [0.25, 0.3) is 0 Å². The fourth-order valence-electron chi connectivity index (χ4n) is 1.63. The van der Waals surface area contributed by atoms with Gasteiger partial charge in [-0.15, -0.1) is 0 Å². The molecular weight excluding hydrogens is 204 g/mol. The van der Waals surface area contributed by atoms with E-state index in [1.165, 1.54) is 0 Å². The Morgan fingerprint density at radius 2 is 2.12 bits per heavy atom. The summed E-state index contributed by atoms with van der Waals surface area (Å²) in [6.07, 6.45) is 2.00. The molecule has 0 amide bonds. The Morgan fingerprint density at radius 3 is 2.56 bits per heavy atom. The van der Waals surface area contributed by atoms with Gasteiger partial charge in [-0.1, -0.05) is 20.8 Å². The van der Waals surface area contributed by atoms with Gasteiger partial charge in [0.05, 0.1) is 13.3 Å². The number of rotatable bonds is 5. The minimum Gasteiger partial charge on any atom is -0.493 e. The number of hydrogen-bond donors (Lipinski definition) is 1. The normalized spacial score (nSPS) is 13.9. The average molecular weight is 226 g/mol. The van der Waals surface area contributed by atoms with Gasteiger partial charge in [0.15, 0.2) is 5.75 Å². The van der Waals surface area contributed by atoms with Crippen LogP contribution >= 0.6 is 0 Å². The van der Waals surface area contributed by atoms with Crippen molar-refractivity contribution in [3.05, 3.63) is 11.9 Å². The van der Waals surface area contributed by atoms with Crippen LogP contribution < -0.4 is 4.74 Å². The van der Waals surface area contributed by atoms with Gasteiger partial charge >= 0.3 is 0 Å². The van der Waals surface area contributed by atoms with E-state index in [-0.39, 0.29) is 5.41 Å². The number of aliphatic hydroxyl groups excluding tert-OH is 1. The van der Waals surface area contributed by atoms with E-state index in [0.717, 1.165) is 18.7 Å². The molecule has 4 heteroatoms. The van der Waals surface area contributed by atoms with Gasteiger partial charge in [0.2, 0.25) is 0 Å². The van der Waals surface area contributed by atoms with Crippen LogP contribution in [-0.4, -0.2) is 22.0 Å². The fourth-order valence-corrected chi connectivity index (χ4v) is 1.63.